The number of rotatable bonds is 5. The third-order valence-corrected chi connectivity index (χ3v) is 5.62. The SMILES string of the molecule is COc1ccc(-c2cccc3c2CC=C3CCN2CCN(C)CC2)cn1. The maximum absolute atomic E-state index is 5.18. The van der Waals surface area contributed by atoms with Crippen LogP contribution in [0.15, 0.2) is 42.6 Å². The summed E-state index contributed by atoms with van der Waals surface area (Å²) in [7, 11) is 3.86. The van der Waals surface area contributed by atoms with E-state index in [0.717, 1.165) is 24.9 Å². The Balaban J connectivity index is 1.48. The Kier molecular flexibility index (Phi) is 5.05. The summed E-state index contributed by atoms with van der Waals surface area (Å²) in [5.41, 5.74) is 6.82. The Morgan fingerprint density at radius 1 is 1.04 bits per heavy atom. The summed E-state index contributed by atoms with van der Waals surface area (Å²) in [6.45, 7) is 5.91. The molecule has 4 rings (SSSR count). The van der Waals surface area contributed by atoms with Crippen molar-refractivity contribution < 1.29 is 4.74 Å². The predicted molar refractivity (Wildman–Crippen MR) is 106 cm³/mol. The quantitative estimate of drug-likeness (QED) is 0.828. The number of likely N-dealkylation sites (N-methyl/N-ethyl adjacent to an activating group) is 1. The first-order chi connectivity index (χ1) is 12.7. The highest BCUT2D eigenvalue weighted by Crippen LogP contribution is 2.36. The van der Waals surface area contributed by atoms with Crippen molar-refractivity contribution in [2.24, 2.45) is 0 Å². The summed E-state index contributed by atoms with van der Waals surface area (Å²) in [5, 5.41) is 0. The molecule has 0 unspecified atom stereocenters. The van der Waals surface area contributed by atoms with Crippen molar-refractivity contribution in [2.45, 2.75) is 12.8 Å². The highest BCUT2D eigenvalue weighted by molar-refractivity contribution is 5.81. The first kappa shape index (κ1) is 17.3. The molecule has 1 aliphatic heterocycles. The fraction of sp³-hybridized carbons (Fsp3) is 0.409. The van der Waals surface area contributed by atoms with Crippen LogP contribution in [0.1, 0.15) is 17.5 Å². The summed E-state index contributed by atoms with van der Waals surface area (Å²) in [6, 6.07) is 10.7. The second-order valence-corrected chi connectivity index (χ2v) is 7.25. The van der Waals surface area contributed by atoms with Gasteiger partial charge in [0.25, 0.3) is 0 Å². The number of aromatic nitrogens is 1. The van der Waals surface area contributed by atoms with Gasteiger partial charge >= 0.3 is 0 Å². The molecule has 1 aliphatic carbocycles. The van der Waals surface area contributed by atoms with Crippen LogP contribution in [-0.4, -0.2) is 61.7 Å². The van der Waals surface area contributed by atoms with Gasteiger partial charge in [-0.3, -0.25) is 0 Å². The summed E-state index contributed by atoms with van der Waals surface area (Å²) >= 11 is 0. The Labute approximate surface area is 156 Å². The van der Waals surface area contributed by atoms with Crippen molar-refractivity contribution >= 4 is 5.57 Å². The molecule has 0 atom stereocenters. The van der Waals surface area contributed by atoms with E-state index < -0.39 is 0 Å². The van der Waals surface area contributed by atoms with Gasteiger partial charge in [-0.15, -0.1) is 0 Å². The van der Waals surface area contributed by atoms with E-state index in [1.54, 1.807) is 7.11 Å². The fourth-order valence-corrected chi connectivity index (χ4v) is 3.96. The Hall–Kier alpha value is -2.17. The van der Waals surface area contributed by atoms with E-state index in [-0.39, 0.29) is 0 Å². The number of nitrogens with zero attached hydrogens (tertiary/aromatic N) is 3. The molecule has 0 bridgehead atoms. The smallest absolute Gasteiger partial charge is 0.212 e. The summed E-state index contributed by atoms with van der Waals surface area (Å²) in [6.07, 6.45) is 6.49. The molecule has 136 valence electrons. The second-order valence-electron chi connectivity index (χ2n) is 7.25. The van der Waals surface area contributed by atoms with Gasteiger partial charge in [-0.25, -0.2) is 4.98 Å². The van der Waals surface area contributed by atoms with Gasteiger partial charge in [-0.2, -0.15) is 0 Å². The molecular weight excluding hydrogens is 322 g/mol. The van der Waals surface area contributed by atoms with Crippen LogP contribution in [-0.2, 0) is 6.42 Å². The largest absolute Gasteiger partial charge is 0.481 e. The topological polar surface area (TPSA) is 28.6 Å². The zero-order valence-electron chi connectivity index (χ0n) is 15.7. The highest BCUT2D eigenvalue weighted by Gasteiger charge is 2.20. The number of piperazine rings is 1. The molecule has 26 heavy (non-hydrogen) atoms. The van der Waals surface area contributed by atoms with Gasteiger partial charge < -0.3 is 14.5 Å². The minimum absolute atomic E-state index is 0.660. The molecule has 0 saturated carbocycles. The van der Waals surface area contributed by atoms with Crippen molar-refractivity contribution in [3.63, 3.8) is 0 Å². The van der Waals surface area contributed by atoms with Crippen LogP contribution in [0.3, 0.4) is 0 Å². The van der Waals surface area contributed by atoms with E-state index in [9.17, 15) is 0 Å². The minimum atomic E-state index is 0.660. The van der Waals surface area contributed by atoms with Gasteiger partial charge in [-0.1, -0.05) is 24.3 Å². The molecule has 2 aromatic rings. The molecule has 2 heterocycles. The van der Waals surface area contributed by atoms with Crippen molar-refractivity contribution in [1.29, 1.82) is 0 Å². The van der Waals surface area contributed by atoms with Gasteiger partial charge in [0.15, 0.2) is 0 Å². The van der Waals surface area contributed by atoms with Crippen molar-refractivity contribution in [2.75, 3.05) is 46.9 Å². The number of benzene rings is 1. The Morgan fingerprint density at radius 2 is 1.85 bits per heavy atom. The standard InChI is InChI=1S/C22H27N3O/c1-24-12-14-25(15-13-24)11-10-17-6-8-21-19(17)4-3-5-20(21)18-7-9-22(26-2)23-16-18/h3-7,9,16H,8,10-15H2,1-2H3. The van der Waals surface area contributed by atoms with Gasteiger partial charge in [0.2, 0.25) is 5.88 Å². The number of pyridine rings is 1. The second kappa shape index (κ2) is 7.60. The zero-order valence-corrected chi connectivity index (χ0v) is 15.7. The van der Waals surface area contributed by atoms with Gasteiger partial charge in [-0.05, 0) is 48.2 Å². The molecule has 1 aromatic heterocycles. The van der Waals surface area contributed by atoms with Crippen LogP contribution in [0.2, 0.25) is 0 Å². The summed E-state index contributed by atoms with van der Waals surface area (Å²) in [4.78, 5) is 9.38. The predicted octanol–water partition coefficient (Wildman–Crippen LogP) is 3.33. The van der Waals surface area contributed by atoms with E-state index in [0.29, 0.717) is 5.88 Å². The number of hydrogen-bond donors (Lipinski definition) is 0. The average Bonchev–Trinajstić information content (AvgIpc) is 3.11. The fourth-order valence-electron chi connectivity index (χ4n) is 3.96. The molecule has 4 heteroatoms. The molecule has 0 amide bonds. The van der Waals surface area contributed by atoms with Gasteiger partial charge in [0.1, 0.15) is 0 Å². The number of fused-ring (bicyclic) bond motifs is 1. The molecule has 0 radical (unpaired) electrons. The van der Waals surface area contributed by atoms with Gasteiger partial charge in [0, 0.05) is 50.6 Å². The first-order valence-electron chi connectivity index (χ1n) is 9.47. The number of hydrogen-bond acceptors (Lipinski definition) is 4. The van der Waals surface area contributed by atoms with Crippen LogP contribution in [0.25, 0.3) is 16.7 Å². The molecule has 4 nitrogen and oxygen atoms in total. The van der Waals surface area contributed by atoms with Crippen LogP contribution >= 0.6 is 0 Å². The first-order valence-corrected chi connectivity index (χ1v) is 9.47. The number of methoxy groups -OCH3 is 1. The van der Waals surface area contributed by atoms with Crippen LogP contribution < -0.4 is 4.74 Å². The maximum atomic E-state index is 5.18. The van der Waals surface area contributed by atoms with Gasteiger partial charge in [0.05, 0.1) is 7.11 Å². The number of ether oxygens (including phenoxy) is 1. The minimum Gasteiger partial charge on any atom is -0.481 e. The lowest BCUT2D eigenvalue weighted by Gasteiger charge is -2.32. The van der Waals surface area contributed by atoms with E-state index in [1.807, 2.05) is 12.3 Å². The highest BCUT2D eigenvalue weighted by atomic mass is 16.5. The Morgan fingerprint density at radius 3 is 2.58 bits per heavy atom. The average molecular weight is 349 g/mol. The maximum Gasteiger partial charge on any atom is 0.212 e. The molecule has 1 saturated heterocycles. The lowest BCUT2D eigenvalue weighted by atomic mass is 9.95. The van der Waals surface area contributed by atoms with Crippen LogP contribution in [0, 0.1) is 0 Å². The van der Waals surface area contributed by atoms with Crippen molar-refractivity contribution in [3.8, 4) is 17.0 Å². The van der Waals surface area contributed by atoms with E-state index in [4.69, 9.17) is 4.74 Å². The monoisotopic (exact) mass is 349 g/mol. The summed E-state index contributed by atoms with van der Waals surface area (Å²) in [5.74, 6) is 0.660. The molecule has 1 fully saturated rings. The van der Waals surface area contributed by atoms with Crippen LogP contribution in [0.4, 0.5) is 0 Å². The molecular formula is C22H27N3O. The third-order valence-electron chi connectivity index (χ3n) is 5.62. The van der Waals surface area contributed by atoms with E-state index in [2.05, 4.69) is 52.2 Å². The molecule has 2 aliphatic rings. The Bertz CT molecular complexity index is 790. The lowest BCUT2D eigenvalue weighted by Crippen LogP contribution is -2.44. The number of allylic oxidation sites excluding steroid dienone is 1. The van der Waals surface area contributed by atoms with Crippen molar-refractivity contribution in [1.82, 2.24) is 14.8 Å². The molecule has 0 N–H and O–H groups in total. The normalized spacial score (nSPS) is 17.8. The third kappa shape index (κ3) is 3.53. The molecule has 0 spiro atoms. The van der Waals surface area contributed by atoms with E-state index in [1.165, 1.54) is 48.4 Å². The van der Waals surface area contributed by atoms with E-state index >= 15 is 0 Å². The van der Waals surface area contributed by atoms with Crippen LogP contribution in [0.5, 0.6) is 5.88 Å². The van der Waals surface area contributed by atoms with Crippen molar-refractivity contribution in [3.05, 3.63) is 53.7 Å². The zero-order chi connectivity index (χ0) is 17.9. The molecule has 1 aromatic carbocycles. The summed E-state index contributed by atoms with van der Waals surface area (Å²) < 4.78 is 5.18. The lowest BCUT2D eigenvalue weighted by molar-refractivity contribution is 0.157.